The highest BCUT2D eigenvalue weighted by atomic mass is 16.6. The van der Waals surface area contributed by atoms with E-state index in [4.69, 9.17) is 10.5 Å². The average molecular weight is 423 g/mol. The number of aromatic nitrogens is 4. The first-order valence-electron chi connectivity index (χ1n) is 10.9. The molecule has 164 valence electrons. The van der Waals surface area contributed by atoms with Gasteiger partial charge in [0.05, 0.1) is 11.4 Å². The third-order valence-electron chi connectivity index (χ3n) is 6.06. The fourth-order valence-corrected chi connectivity index (χ4v) is 3.64. The number of ether oxygens (including phenoxy) is 1. The lowest BCUT2D eigenvalue weighted by atomic mass is 9.83. The van der Waals surface area contributed by atoms with E-state index in [0.717, 1.165) is 11.5 Å². The molecule has 2 fully saturated rings. The van der Waals surface area contributed by atoms with Crippen LogP contribution < -0.4 is 15.8 Å². The number of rotatable bonds is 4. The van der Waals surface area contributed by atoms with E-state index in [-0.39, 0.29) is 0 Å². The van der Waals surface area contributed by atoms with Crippen LogP contribution in [0, 0.1) is 0 Å². The Hall–Kier alpha value is -3.29. The molecule has 2 aliphatic rings. The van der Waals surface area contributed by atoms with Crippen molar-refractivity contribution in [3.05, 3.63) is 53.9 Å². The first-order valence-corrected chi connectivity index (χ1v) is 10.9. The third kappa shape index (κ3) is 5.07. The van der Waals surface area contributed by atoms with E-state index in [1.165, 1.54) is 44.2 Å². The molecule has 2 aliphatic carbocycles. The molecule has 2 saturated carbocycles. The van der Waals surface area contributed by atoms with Crippen molar-refractivity contribution in [2.75, 3.05) is 11.1 Å². The monoisotopic (exact) mass is 422 g/mol. The van der Waals surface area contributed by atoms with Crippen LogP contribution in [0.15, 0.2) is 42.5 Å². The van der Waals surface area contributed by atoms with Gasteiger partial charge in [-0.05, 0) is 37.8 Å². The zero-order valence-electron chi connectivity index (χ0n) is 18.1. The van der Waals surface area contributed by atoms with Gasteiger partial charge in [-0.3, -0.25) is 14.7 Å². The molecule has 31 heavy (non-hydrogen) atoms. The van der Waals surface area contributed by atoms with Crippen LogP contribution in [-0.2, 0) is 14.1 Å². The van der Waals surface area contributed by atoms with Crippen LogP contribution in [-0.4, -0.2) is 25.7 Å². The van der Waals surface area contributed by atoms with Crippen molar-refractivity contribution in [3.63, 3.8) is 0 Å². The van der Waals surface area contributed by atoms with Crippen LogP contribution in [0.5, 0.6) is 5.75 Å². The molecule has 1 aromatic carbocycles. The molecule has 0 bridgehead atoms. The molecule has 3 N–H and O–H groups in total. The summed E-state index contributed by atoms with van der Waals surface area (Å²) in [6.07, 6.45) is 7.06. The number of hydrogen-bond donors (Lipinski definition) is 2. The molecule has 2 aromatic heterocycles. The van der Waals surface area contributed by atoms with Crippen molar-refractivity contribution < 1.29 is 9.53 Å². The van der Waals surface area contributed by atoms with Crippen molar-refractivity contribution in [1.82, 2.24) is 19.6 Å². The number of benzene rings is 1. The van der Waals surface area contributed by atoms with E-state index >= 15 is 0 Å². The minimum Gasteiger partial charge on any atom is -0.410 e. The zero-order valence-corrected chi connectivity index (χ0v) is 18.1. The van der Waals surface area contributed by atoms with Crippen LogP contribution in [0.2, 0.25) is 0 Å². The molecule has 0 atom stereocenters. The summed E-state index contributed by atoms with van der Waals surface area (Å²) in [5.74, 6) is 3.19. The molecule has 0 radical (unpaired) electrons. The van der Waals surface area contributed by atoms with Crippen LogP contribution >= 0.6 is 0 Å². The number of anilines is 2. The normalized spacial score (nSPS) is 15.9. The number of nitrogens with one attached hydrogen (secondary N) is 1. The Morgan fingerprint density at radius 3 is 2.06 bits per heavy atom. The fourth-order valence-electron chi connectivity index (χ4n) is 3.64. The molecule has 0 unspecified atom stereocenters. The number of amides is 1. The first-order chi connectivity index (χ1) is 15.0. The second-order valence-electron chi connectivity index (χ2n) is 8.28. The van der Waals surface area contributed by atoms with E-state index in [1.54, 1.807) is 21.5 Å². The smallest absolute Gasteiger partial charge is 0.410 e. The maximum Gasteiger partial charge on any atom is 0.418 e. The second kappa shape index (κ2) is 9.24. The van der Waals surface area contributed by atoms with Crippen molar-refractivity contribution >= 4 is 17.7 Å². The van der Waals surface area contributed by atoms with Gasteiger partial charge in [-0.2, -0.15) is 10.2 Å². The molecule has 8 heteroatoms. The van der Waals surface area contributed by atoms with Crippen LogP contribution in [0.1, 0.15) is 61.7 Å². The molecule has 0 spiro atoms. The predicted octanol–water partition coefficient (Wildman–Crippen LogP) is 4.57. The fraction of sp³-hybridized carbons (Fsp3) is 0.435. The summed E-state index contributed by atoms with van der Waals surface area (Å²) in [6, 6.07) is 12.9. The second-order valence-corrected chi connectivity index (χ2v) is 8.28. The summed E-state index contributed by atoms with van der Waals surface area (Å²) >= 11 is 0. The predicted molar refractivity (Wildman–Crippen MR) is 120 cm³/mol. The van der Waals surface area contributed by atoms with Crippen molar-refractivity contribution in [2.45, 2.75) is 50.4 Å². The number of hydrogen-bond acceptors (Lipinski definition) is 5. The van der Waals surface area contributed by atoms with Gasteiger partial charge in [0.25, 0.3) is 0 Å². The Morgan fingerprint density at radius 2 is 1.55 bits per heavy atom. The van der Waals surface area contributed by atoms with Gasteiger partial charge in [-0.15, -0.1) is 0 Å². The van der Waals surface area contributed by atoms with Crippen molar-refractivity contribution in [3.8, 4) is 5.75 Å². The van der Waals surface area contributed by atoms with Gasteiger partial charge in [-0.1, -0.05) is 31.0 Å². The number of carbonyl (C=O) groups is 1. The van der Waals surface area contributed by atoms with E-state index in [2.05, 4.69) is 15.5 Å². The largest absolute Gasteiger partial charge is 0.418 e. The average Bonchev–Trinajstić information content (AvgIpc) is 3.15. The minimum atomic E-state index is -0.501. The van der Waals surface area contributed by atoms with Crippen molar-refractivity contribution in [2.24, 2.45) is 14.1 Å². The molecule has 3 aromatic rings. The Kier molecular flexibility index (Phi) is 6.25. The number of aryl methyl sites for hydroxylation is 2. The quantitative estimate of drug-likeness (QED) is 0.642. The summed E-state index contributed by atoms with van der Waals surface area (Å²) in [4.78, 5) is 11.8. The highest BCUT2D eigenvalue weighted by Gasteiger charge is 2.24. The van der Waals surface area contributed by atoms with Crippen LogP contribution in [0.3, 0.4) is 0 Å². The number of nitrogens with zero attached hydrogens (tertiary/aromatic N) is 4. The molecule has 2 heterocycles. The summed E-state index contributed by atoms with van der Waals surface area (Å²) < 4.78 is 8.62. The summed E-state index contributed by atoms with van der Waals surface area (Å²) in [7, 11) is 3.71. The molecule has 1 amide bonds. The Balaban J connectivity index is 0.000000177. The highest BCUT2D eigenvalue weighted by Crippen LogP contribution is 2.36. The van der Waals surface area contributed by atoms with Gasteiger partial charge in [0.2, 0.25) is 0 Å². The van der Waals surface area contributed by atoms with Gasteiger partial charge in [0.1, 0.15) is 17.4 Å². The number of nitrogen functional groups attached to an aromatic ring is 1. The minimum absolute atomic E-state index is 0.501. The van der Waals surface area contributed by atoms with Gasteiger partial charge in [-0.25, -0.2) is 4.79 Å². The van der Waals surface area contributed by atoms with E-state index in [1.807, 2.05) is 44.4 Å². The molecule has 8 nitrogen and oxygen atoms in total. The van der Waals surface area contributed by atoms with Gasteiger partial charge < -0.3 is 10.5 Å². The Labute approximate surface area is 182 Å². The molecular weight excluding hydrogens is 392 g/mol. The molecule has 0 aliphatic heterocycles. The first kappa shape index (κ1) is 21.0. The van der Waals surface area contributed by atoms with Gasteiger partial charge >= 0.3 is 6.09 Å². The number of nitrogens with two attached hydrogens (primary N) is 1. The highest BCUT2D eigenvalue weighted by molar-refractivity contribution is 5.85. The summed E-state index contributed by atoms with van der Waals surface area (Å²) in [5.41, 5.74) is 7.88. The van der Waals surface area contributed by atoms with E-state index in [0.29, 0.717) is 23.4 Å². The van der Waals surface area contributed by atoms with Gasteiger partial charge in [0.15, 0.2) is 0 Å². The zero-order chi connectivity index (χ0) is 21.8. The molecular formula is C23H30N6O2. The van der Waals surface area contributed by atoms with Gasteiger partial charge in [0, 0.05) is 38.1 Å². The van der Waals surface area contributed by atoms with E-state index in [9.17, 15) is 4.79 Å². The molecule has 0 saturated heterocycles. The number of para-hydroxylation sites is 1. The lowest BCUT2D eigenvalue weighted by Gasteiger charge is -2.22. The van der Waals surface area contributed by atoms with E-state index < -0.39 is 6.09 Å². The topological polar surface area (TPSA) is 100.0 Å². The summed E-state index contributed by atoms with van der Waals surface area (Å²) in [5, 5.41) is 11.5. The lowest BCUT2D eigenvalue weighted by Crippen LogP contribution is -2.18. The molecule has 5 rings (SSSR count). The lowest BCUT2D eigenvalue weighted by molar-refractivity contribution is 0.215. The summed E-state index contributed by atoms with van der Waals surface area (Å²) in [6.45, 7) is 0. The Bertz CT molecular complexity index is 999. The maximum atomic E-state index is 11.8. The maximum absolute atomic E-state index is 11.8. The Morgan fingerprint density at radius 1 is 0.968 bits per heavy atom. The standard InChI is InChI=1S/C15H17N3O2.C8H13N3/c1-18-14(10-13(17-18)11-6-5-7-11)16-15(19)20-12-8-3-2-4-9-12;1-11-8(9)5-7(10-11)6-3-2-4-6/h2-4,8-11H,5-7H2,1H3,(H,16,19);5-6H,2-4,9H2,1H3. The third-order valence-corrected chi connectivity index (χ3v) is 6.06. The van der Waals surface area contributed by atoms with Crippen LogP contribution in [0.25, 0.3) is 0 Å². The SMILES string of the molecule is Cn1nc(C2CCC2)cc1N.Cn1nc(C2CCC2)cc1NC(=O)Oc1ccccc1. The van der Waals surface area contributed by atoms with Crippen molar-refractivity contribution in [1.29, 1.82) is 0 Å². The number of carbonyl (C=O) groups excluding carboxylic acids is 1. The van der Waals surface area contributed by atoms with Crippen LogP contribution in [0.4, 0.5) is 16.4 Å².